The van der Waals surface area contributed by atoms with Gasteiger partial charge < -0.3 is 10.4 Å². The van der Waals surface area contributed by atoms with E-state index >= 15 is 0 Å². The first-order valence-electron chi connectivity index (χ1n) is 6.60. The SMILES string of the molecule is O=C(NC[C@@H](O)C1CCCC1)c1cc(F)c(F)c(F)c1. The zero-order valence-electron chi connectivity index (χ0n) is 10.8. The molecule has 1 amide bonds. The maximum atomic E-state index is 13.0. The van der Waals surface area contributed by atoms with Crippen LogP contribution in [0.5, 0.6) is 0 Å². The van der Waals surface area contributed by atoms with E-state index in [1.165, 1.54) is 0 Å². The Labute approximate surface area is 114 Å². The van der Waals surface area contributed by atoms with Gasteiger partial charge in [-0.25, -0.2) is 13.2 Å². The molecule has 0 radical (unpaired) electrons. The van der Waals surface area contributed by atoms with E-state index in [0.29, 0.717) is 12.1 Å². The minimum atomic E-state index is -1.60. The van der Waals surface area contributed by atoms with Crippen LogP contribution in [-0.4, -0.2) is 23.7 Å². The normalized spacial score (nSPS) is 17.2. The lowest BCUT2D eigenvalue weighted by molar-refractivity contribution is 0.0839. The van der Waals surface area contributed by atoms with E-state index in [4.69, 9.17) is 0 Å². The Morgan fingerprint density at radius 3 is 2.35 bits per heavy atom. The van der Waals surface area contributed by atoms with Crippen molar-refractivity contribution in [3.05, 3.63) is 35.1 Å². The lowest BCUT2D eigenvalue weighted by atomic mass is 10.0. The molecule has 1 fully saturated rings. The quantitative estimate of drug-likeness (QED) is 0.835. The number of hydrogen-bond acceptors (Lipinski definition) is 2. The molecule has 2 N–H and O–H groups in total. The van der Waals surface area contributed by atoms with E-state index in [1.54, 1.807) is 0 Å². The highest BCUT2D eigenvalue weighted by atomic mass is 19.2. The molecule has 1 aliphatic rings. The molecule has 0 heterocycles. The van der Waals surface area contributed by atoms with Gasteiger partial charge in [-0.15, -0.1) is 0 Å². The fourth-order valence-corrected chi connectivity index (χ4v) is 2.49. The maximum absolute atomic E-state index is 13.0. The second kappa shape index (κ2) is 6.26. The van der Waals surface area contributed by atoms with Crippen LogP contribution in [0.25, 0.3) is 0 Å². The molecule has 0 unspecified atom stereocenters. The van der Waals surface area contributed by atoms with Gasteiger partial charge in [0.1, 0.15) is 0 Å². The summed E-state index contributed by atoms with van der Waals surface area (Å²) < 4.78 is 38.8. The van der Waals surface area contributed by atoms with Crippen molar-refractivity contribution in [1.29, 1.82) is 0 Å². The third kappa shape index (κ3) is 3.30. The number of aliphatic hydroxyl groups is 1. The molecule has 0 saturated heterocycles. The molecule has 1 aromatic carbocycles. The largest absolute Gasteiger partial charge is 0.391 e. The van der Waals surface area contributed by atoms with Crippen LogP contribution >= 0.6 is 0 Å². The van der Waals surface area contributed by atoms with Crippen LogP contribution < -0.4 is 5.32 Å². The summed E-state index contributed by atoms with van der Waals surface area (Å²) in [6.45, 7) is 0.0180. The molecule has 20 heavy (non-hydrogen) atoms. The number of hydrogen-bond donors (Lipinski definition) is 2. The van der Waals surface area contributed by atoms with Gasteiger partial charge in [0.05, 0.1) is 6.10 Å². The summed E-state index contributed by atoms with van der Waals surface area (Å²) >= 11 is 0. The van der Waals surface area contributed by atoms with Crippen molar-refractivity contribution in [3.8, 4) is 0 Å². The highest BCUT2D eigenvalue weighted by Gasteiger charge is 2.24. The number of aliphatic hydroxyl groups excluding tert-OH is 1. The zero-order chi connectivity index (χ0) is 14.7. The van der Waals surface area contributed by atoms with Gasteiger partial charge in [-0.3, -0.25) is 4.79 Å². The molecule has 0 bridgehead atoms. The fourth-order valence-electron chi connectivity index (χ4n) is 2.49. The van der Waals surface area contributed by atoms with Crippen molar-refractivity contribution < 1.29 is 23.1 Å². The van der Waals surface area contributed by atoms with E-state index in [9.17, 15) is 23.1 Å². The Bertz CT molecular complexity index is 478. The van der Waals surface area contributed by atoms with Crippen LogP contribution in [0.15, 0.2) is 12.1 Å². The van der Waals surface area contributed by atoms with Gasteiger partial charge in [-0.05, 0) is 30.9 Å². The lowest BCUT2D eigenvalue weighted by Crippen LogP contribution is -2.35. The van der Waals surface area contributed by atoms with Gasteiger partial charge in [0.15, 0.2) is 17.5 Å². The summed E-state index contributed by atoms with van der Waals surface area (Å²) in [6.07, 6.45) is 3.28. The van der Waals surface area contributed by atoms with Gasteiger partial charge in [0.2, 0.25) is 0 Å². The summed E-state index contributed by atoms with van der Waals surface area (Å²) in [5.41, 5.74) is -0.306. The average Bonchev–Trinajstić information content (AvgIpc) is 2.95. The minimum absolute atomic E-state index is 0.0180. The first kappa shape index (κ1) is 14.8. The standard InChI is InChI=1S/C14H16F3NO2/c15-10-5-9(6-11(16)13(10)17)14(20)18-7-12(19)8-3-1-2-4-8/h5-6,8,12,19H,1-4,7H2,(H,18,20)/t12-/m1/s1. The minimum Gasteiger partial charge on any atom is -0.391 e. The molecule has 3 nitrogen and oxygen atoms in total. The predicted molar refractivity (Wildman–Crippen MR) is 66.6 cm³/mol. The van der Waals surface area contributed by atoms with E-state index in [0.717, 1.165) is 25.7 Å². The molecular weight excluding hydrogens is 271 g/mol. The lowest BCUT2D eigenvalue weighted by Gasteiger charge is -2.18. The molecule has 6 heteroatoms. The van der Waals surface area contributed by atoms with Crippen LogP contribution in [0, 0.1) is 23.4 Å². The number of nitrogens with one attached hydrogen (secondary N) is 1. The smallest absolute Gasteiger partial charge is 0.251 e. The number of benzene rings is 1. The average molecular weight is 287 g/mol. The summed E-state index contributed by atoms with van der Waals surface area (Å²) in [4.78, 5) is 11.7. The summed E-state index contributed by atoms with van der Waals surface area (Å²) in [6, 6.07) is 1.27. The van der Waals surface area contributed by atoms with Crippen molar-refractivity contribution in [3.63, 3.8) is 0 Å². The van der Waals surface area contributed by atoms with Crippen molar-refractivity contribution in [2.24, 2.45) is 5.92 Å². The molecular formula is C14H16F3NO2. The molecule has 0 spiro atoms. The van der Waals surface area contributed by atoms with Gasteiger partial charge >= 0.3 is 0 Å². The maximum Gasteiger partial charge on any atom is 0.251 e. The molecule has 0 aromatic heterocycles. The Morgan fingerprint density at radius 2 is 1.80 bits per heavy atom. The van der Waals surface area contributed by atoms with Crippen molar-refractivity contribution in [1.82, 2.24) is 5.32 Å². The number of amides is 1. The summed E-state index contributed by atoms with van der Waals surface area (Å²) in [5.74, 6) is -5.01. The summed E-state index contributed by atoms with van der Waals surface area (Å²) in [7, 11) is 0. The Balaban J connectivity index is 1.94. The van der Waals surface area contributed by atoms with Gasteiger partial charge in [-0.1, -0.05) is 12.8 Å². The summed E-state index contributed by atoms with van der Waals surface area (Å²) in [5, 5.41) is 12.3. The third-order valence-corrected chi connectivity index (χ3v) is 3.66. The highest BCUT2D eigenvalue weighted by Crippen LogP contribution is 2.27. The Kier molecular flexibility index (Phi) is 4.65. The van der Waals surface area contributed by atoms with Crippen LogP contribution in [-0.2, 0) is 0 Å². The number of carbonyl (C=O) groups excluding carboxylic acids is 1. The van der Waals surface area contributed by atoms with Crippen LogP contribution in [0.2, 0.25) is 0 Å². The Hall–Kier alpha value is -1.56. The first-order valence-corrected chi connectivity index (χ1v) is 6.60. The van der Waals surface area contributed by atoms with E-state index in [2.05, 4.69) is 5.32 Å². The third-order valence-electron chi connectivity index (χ3n) is 3.66. The van der Waals surface area contributed by atoms with E-state index in [-0.39, 0.29) is 18.0 Å². The van der Waals surface area contributed by atoms with E-state index in [1.807, 2.05) is 0 Å². The van der Waals surface area contributed by atoms with Crippen molar-refractivity contribution >= 4 is 5.91 Å². The second-order valence-corrected chi connectivity index (χ2v) is 5.08. The van der Waals surface area contributed by atoms with Crippen molar-refractivity contribution in [2.75, 3.05) is 6.54 Å². The van der Waals surface area contributed by atoms with Crippen LogP contribution in [0.3, 0.4) is 0 Å². The fraction of sp³-hybridized carbons (Fsp3) is 0.500. The first-order chi connectivity index (χ1) is 9.49. The molecule has 1 aliphatic carbocycles. The highest BCUT2D eigenvalue weighted by molar-refractivity contribution is 5.94. The van der Waals surface area contributed by atoms with Crippen molar-refractivity contribution in [2.45, 2.75) is 31.8 Å². The molecule has 2 rings (SSSR count). The Morgan fingerprint density at radius 1 is 1.25 bits per heavy atom. The van der Waals surface area contributed by atoms with Gasteiger partial charge in [0, 0.05) is 12.1 Å². The van der Waals surface area contributed by atoms with Crippen LogP contribution in [0.1, 0.15) is 36.0 Å². The van der Waals surface area contributed by atoms with Crippen LogP contribution in [0.4, 0.5) is 13.2 Å². The van der Waals surface area contributed by atoms with Gasteiger partial charge in [-0.2, -0.15) is 0 Å². The second-order valence-electron chi connectivity index (χ2n) is 5.08. The molecule has 0 aliphatic heterocycles. The number of carbonyl (C=O) groups is 1. The zero-order valence-corrected chi connectivity index (χ0v) is 10.8. The molecule has 1 saturated carbocycles. The molecule has 1 atom stereocenters. The van der Waals surface area contributed by atoms with E-state index < -0.39 is 29.5 Å². The van der Waals surface area contributed by atoms with Gasteiger partial charge in [0.25, 0.3) is 5.91 Å². The molecule has 110 valence electrons. The molecule has 1 aromatic rings. The number of halogens is 3. The number of rotatable bonds is 4. The monoisotopic (exact) mass is 287 g/mol. The predicted octanol–water partition coefficient (Wildman–Crippen LogP) is 2.38. The topological polar surface area (TPSA) is 49.3 Å².